The van der Waals surface area contributed by atoms with Gasteiger partial charge in [0.15, 0.2) is 0 Å². The fraction of sp³-hybridized carbons (Fsp3) is 0.346. The predicted octanol–water partition coefficient (Wildman–Crippen LogP) is 4.54. The highest BCUT2D eigenvalue weighted by Gasteiger charge is 2.30. The van der Waals surface area contributed by atoms with Gasteiger partial charge < -0.3 is 9.88 Å². The molecule has 3 heterocycles. The Bertz CT molecular complexity index is 1400. The van der Waals surface area contributed by atoms with Gasteiger partial charge in [-0.05, 0) is 62.9 Å². The van der Waals surface area contributed by atoms with Crippen molar-refractivity contribution in [3.8, 4) is 0 Å². The number of imidazole rings is 1. The average molecular weight is 427 g/mol. The van der Waals surface area contributed by atoms with Gasteiger partial charge in [-0.25, -0.2) is 4.79 Å². The van der Waals surface area contributed by atoms with Crippen LogP contribution in [-0.2, 0) is 0 Å². The minimum absolute atomic E-state index is 0.0688. The molecule has 1 amide bonds. The van der Waals surface area contributed by atoms with Crippen LogP contribution in [0.1, 0.15) is 59.3 Å². The minimum atomic E-state index is -0.0688. The lowest BCUT2D eigenvalue weighted by Crippen LogP contribution is -2.40. The molecule has 1 saturated carbocycles. The number of fused-ring (bicyclic) bond motifs is 2. The van der Waals surface area contributed by atoms with Crippen molar-refractivity contribution in [1.29, 1.82) is 0 Å². The first-order chi connectivity index (χ1) is 15.6. The summed E-state index contributed by atoms with van der Waals surface area (Å²) < 4.78 is 1.87. The first-order valence-corrected chi connectivity index (χ1v) is 11.5. The number of nitrogens with one attached hydrogen (secondary N) is 1. The van der Waals surface area contributed by atoms with Crippen molar-refractivity contribution in [2.24, 2.45) is 0 Å². The minimum Gasteiger partial charge on any atom is -0.338 e. The zero-order chi connectivity index (χ0) is 21.8. The van der Waals surface area contributed by atoms with E-state index in [1.807, 2.05) is 52.8 Å². The molecule has 0 radical (unpaired) electrons. The van der Waals surface area contributed by atoms with E-state index in [-0.39, 0.29) is 17.6 Å². The number of hydrogen-bond donors (Lipinski definition) is 1. The highest BCUT2D eigenvalue weighted by Crippen LogP contribution is 2.40. The molecular weight excluding hydrogens is 400 g/mol. The molecule has 0 bridgehead atoms. The van der Waals surface area contributed by atoms with Crippen molar-refractivity contribution in [1.82, 2.24) is 19.4 Å². The lowest BCUT2D eigenvalue weighted by atomic mass is 10.00. The monoisotopic (exact) mass is 426 g/mol. The molecule has 162 valence electrons. The molecule has 6 heteroatoms. The molecule has 6 nitrogen and oxygen atoms in total. The number of benzene rings is 2. The lowest BCUT2D eigenvalue weighted by Gasteiger charge is -2.33. The third kappa shape index (κ3) is 3.22. The van der Waals surface area contributed by atoms with Gasteiger partial charge in [0.05, 0.1) is 22.1 Å². The van der Waals surface area contributed by atoms with Crippen LogP contribution in [0.4, 0.5) is 0 Å². The van der Waals surface area contributed by atoms with Gasteiger partial charge in [-0.1, -0.05) is 23.8 Å². The quantitative estimate of drug-likeness (QED) is 0.523. The van der Waals surface area contributed by atoms with Gasteiger partial charge in [0, 0.05) is 36.1 Å². The topological polar surface area (TPSA) is 71.0 Å². The van der Waals surface area contributed by atoms with Crippen molar-refractivity contribution in [2.45, 2.75) is 44.6 Å². The van der Waals surface area contributed by atoms with Crippen LogP contribution in [0.25, 0.3) is 21.9 Å². The molecule has 32 heavy (non-hydrogen) atoms. The number of carbonyl (C=O) groups excluding carboxylic acids is 1. The molecular formula is C26H26N4O2. The second kappa shape index (κ2) is 7.33. The molecule has 2 fully saturated rings. The number of rotatable bonds is 3. The van der Waals surface area contributed by atoms with Gasteiger partial charge in [0.2, 0.25) is 0 Å². The van der Waals surface area contributed by atoms with E-state index in [9.17, 15) is 9.59 Å². The maximum atomic E-state index is 13.6. The number of hydrogen-bond acceptors (Lipinski definition) is 3. The molecule has 0 atom stereocenters. The number of H-pyrrole nitrogens is 1. The number of pyridine rings is 1. The van der Waals surface area contributed by atoms with Crippen molar-refractivity contribution >= 4 is 27.8 Å². The van der Waals surface area contributed by atoms with E-state index in [1.165, 1.54) is 0 Å². The van der Waals surface area contributed by atoms with Crippen LogP contribution >= 0.6 is 0 Å². The number of aromatic amines is 1. The van der Waals surface area contributed by atoms with Crippen molar-refractivity contribution < 1.29 is 4.79 Å². The van der Waals surface area contributed by atoms with E-state index < -0.39 is 0 Å². The third-order valence-electron chi connectivity index (χ3n) is 6.95. The number of amides is 1. The first kappa shape index (κ1) is 19.3. The standard InChI is InChI=1S/C26H26N4O2/c1-16-6-9-21-19(14-16)20(15-23(27-21)17-7-8-17)25(31)29-12-10-18(11-13-29)30-24-5-3-2-4-22(24)28-26(30)32/h2-6,9,14-15,17-18H,7-8,10-13H2,1H3,(H,28,32). The second-order valence-electron chi connectivity index (χ2n) is 9.23. The highest BCUT2D eigenvalue weighted by molar-refractivity contribution is 6.06. The van der Waals surface area contributed by atoms with Crippen LogP contribution in [0, 0.1) is 6.92 Å². The summed E-state index contributed by atoms with van der Waals surface area (Å²) in [6.45, 7) is 3.33. The molecule has 0 unspecified atom stereocenters. The predicted molar refractivity (Wildman–Crippen MR) is 125 cm³/mol. The molecule has 2 aromatic carbocycles. The summed E-state index contributed by atoms with van der Waals surface area (Å²) in [7, 11) is 0. The molecule has 0 spiro atoms. The third-order valence-corrected chi connectivity index (χ3v) is 6.95. The second-order valence-corrected chi connectivity index (χ2v) is 9.23. The Morgan fingerprint density at radius 2 is 1.81 bits per heavy atom. The summed E-state index contributed by atoms with van der Waals surface area (Å²) in [6.07, 6.45) is 3.85. The van der Waals surface area contributed by atoms with Gasteiger partial charge in [-0.3, -0.25) is 14.3 Å². The maximum Gasteiger partial charge on any atom is 0.326 e. The molecule has 1 N–H and O–H groups in total. The summed E-state index contributed by atoms with van der Waals surface area (Å²) in [6, 6.07) is 16.1. The number of nitrogens with zero attached hydrogens (tertiary/aromatic N) is 3. The molecule has 1 aliphatic carbocycles. The molecule has 1 aliphatic heterocycles. The maximum absolute atomic E-state index is 13.6. The first-order valence-electron chi connectivity index (χ1n) is 11.5. The summed E-state index contributed by atoms with van der Waals surface area (Å²) in [5.74, 6) is 0.571. The summed E-state index contributed by atoms with van der Waals surface area (Å²) in [4.78, 5) is 35.9. The normalized spacial score (nSPS) is 17.3. The average Bonchev–Trinajstić information content (AvgIpc) is 3.60. The lowest BCUT2D eigenvalue weighted by molar-refractivity contribution is 0.0697. The Balaban J connectivity index is 1.29. The van der Waals surface area contributed by atoms with Gasteiger partial charge in [0.1, 0.15) is 0 Å². The fourth-order valence-electron chi connectivity index (χ4n) is 5.06. The van der Waals surface area contributed by atoms with E-state index in [0.717, 1.165) is 64.4 Å². The van der Waals surface area contributed by atoms with Crippen LogP contribution in [0.15, 0.2) is 53.3 Å². The highest BCUT2D eigenvalue weighted by atomic mass is 16.2. The van der Waals surface area contributed by atoms with Gasteiger partial charge in [0.25, 0.3) is 5.91 Å². The Morgan fingerprint density at radius 3 is 2.59 bits per heavy atom. The molecule has 2 aliphatic rings. The molecule has 4 aromatic rings. The van der Waals surface area contributed by atoms with Crippen LogP contribution in [0.3, 0.4) is 0 Å². The van der Waals surface area contributed by atoms with Gasteiger partial charge >= 0.3 is 5.69 Å². The van der Waals surface area contributed by atoms with Crippen LogP contribution in [0.2, 0.25) is 0 Å². The van der Waals surface area contributed by atoms with E-state index in [4.69, 9.17) is 4.98 Å². The van der Waals surface area contributed by atoms with E-state index in [1.54, 1.807) is 0 Å². The Labute approximate surface area is 185 Å². The SMILES string of the molecule is Cc1ccc2nc(C3CC3)cc(C(=O)N3CCC(n4c(=O)[nH]c5ccccc54)CC3)c2c1. The number of aromatic nitrogens is 3. The zero-order valence-electron chi connectivity index (χ0n) is 18.2. The van der Waals surface area contributed by atoms with Crippen LogP contribution < -0.4 is 5.69 Å². The van der Waals surface area contributed by atoms with Crippen LogP contribution in [0.5, 0.6) is 0 Å². The molecule has 1 saturated heterocycles. The summed E-state index contributed by atoms with van der Waals surface area (Å²) in [5, 5.41) is 0.939. The number of aryl methyl sites for hydroxylation is 1. The largest absolute Gasteiger partial charge is 0.338 e. The molecule has 2 aromatic heterocycles. The number of para-hydroxylation sites is 2. The van der Waals surface area contributed by atoms with E-state index in [0.29, 0.717) is 19.0 Å². The van der Waals surface area contributed by atoms with Crippen molar-refractivity contribution in [3.63, 3.8) is 0 Å². The number of piperidine rings is 1. The fourth-order valence-corrected chi connectivity index (χ4v) is 5.06. The number of carbonyl (C=O) groups is 1. The summed E-state index contributed by atoms with van der Waals surface area (Å²) in [5.41, 5.74) is 5.58. The Hall–Kier alpha value is -3.41. The van der Waals surface area contributed by atoms with Gasteiger partial charge in [-0.2, -0.15) is 0 Å². The van der Waals surface area contributed by atoms with Crippen LogP contribution in [-0.4, -0.2) is 38.4 Å². The Kier molecular flexibility index (Phi) is 4.42. The van der Waals surface area contributed by atoms with E-state index >= 15 is 0 Å². The smallest absolute Gasteiger partial charge is 0.326 e. The molecule has 6 rings (SSSR count). The summed E-state index contributed by atoms with van der Waals surface area (Å²) >= 11 is 0. The van der Waals surface area contributed by atoms with Crippen molar-refractivity contribution in [2.75, 3.05) is 13.1 Å². The number of likely N-dealkylation sites (tertiary alicyclic amines) is 1. The van der Waals surface area contributed by atoms with Crippen molar-refractivity contribution in [3.05, 3.63) is 75.8 Å². The Morgan fingerprint density at radius 1 is 1.03 bits per heavy atom. The van der Waals surface area contributed by atoms with E-state index in [2.05, 4.69) is 17.1 Å². The zero-order valence-corrected chi connectivity index (χ0v) is 18.2. The van der Waals surface area contributed by atoms with Gasteiger partial charge in [-0.15, -0.1) is 0 Å².